The molecule has 0 heterocycles. The van der Waals surface area contributed by atoms with E-state index in [2.05, 4.69) is 4.72 Å². The summed E-state index contributed by atoms with van der Waals surface area (Å²) in [6.45, 7) is 8.63. The summed E-state index contributed by atoms with van der Waals surface area (Å²) in [4.78, 5) is 11.3. The number of rotatable bonds is 5. The molecule has 0 fully saturated rings. The number of benzene rings is 1. The zero-order valence-corrected chi connectivity index (χ0v) is 13.2. The summed E-state index contributed by atoms with van der Waals surface area (Å²) in [7, 11) is -3.86. The van der Waals surface area contributed by atoms with Crippen molar-refractivity contribution >= 4 is 16.0 Å². The molecule has 20 heavy (non-hydrogen) atoms. The summed E-state index contributed by atoms with van der Waals surface area (Å²) in [6.07, 6.45) is 0. The molecule has 1 aromatic rings. The number of nitrogens with one attached hydrogen (secondary N) is 1. The van der Waals surface area contributed by atoms with Crippen molar-refractivity contribution in [2.24, 2.45) is 5.92 Å². The SMILES string of the molecule is Cc1cc(C)c(S(=O)(=O)N[C@H](C(=O)O)C(C)C)c(C)c1. The fourth-order valence-electron chi connectivity index (χ4n) is 2.29. The maximum Gasteiger partial charge on any atom is 0.322 e. The zero-order valence-electron chi connectivity index (χ0n) is 12.4. The van der Waals surface area contributed by atoms with Crippen LogP contribution in [-0.4, -0.2) is 25.5 Å². The summed E-state index contributed by atoms with van der Waals surface area (Å²) in [5.41, 5.74) is 2.20. The Morgan fingerprint density at radius 2 is 1.60 bits per heavy atom. The van der Waals surface area contributed by atoms with Crippen LogP contribution in [0.1, 0.15) is 30.5 Å². The number of hydrogen-bond acceptors (Lipinski definition) is 3. The minimum absolute atomic E-state index is 0.162. The molecule has 0 saturated carbocycles. The lowest BCUT2D eigenvalue weighted by molar-refractivity contribution is -0.140. The topological polar surface area (TPSA) is 83.5 Å². The van der Waals surface area contributed by atoms with E-state index in [0.717, 1.165) is 5.56 Å². The van der Waals surface area contributed by atoms with Crippen molar-refractivity contribution in [2.45, 2.75) is 45.6 Å². The van der Waals surface area contributed by atoms with Gasteiger partial charge in [0.05, 0.1) is 4.90 Å². The molecule has 0 saturated heterocycles. The van der Waals surface area contributed by atoms with Crippen LogP contribution in [0, 0.1) is 26.7 Å². The van der Waals surface area contributed by atoms with Gasteiger partial charge in [-0.3, -0.25) is 4.79 Å². The predicted octanol–water partition coefficient (Wildman–Crippen LogP) is 2.00. The number of carboxylic acid groups (broad SMARTS) is 1. The third kappa shape index (κ3) is 3.58. The number of aryl methyl sites for hydroxylation is 3. The van der Waals surface area contributed by atoms with E-state index in [9.17, 15) is 13.2 Å². The van der Waals surface area contributed by atoms with Gasteiger partial charge in [0.1, 0.15) is 6.04 Å². The van der Waals surface area contributed by atoms with E-state index >= 15 is 0 Å². The van der Waals surface area contributed by atoms with Crippen molar-refractivity contribution in [2.75, 3.05) is 0 Å². The van der Waals surface area contributed by atoms with Gasteiger partial charge in [0.2, 0.25) is 10.0 Å². The maximum absolute atomic E-state index is 12.4. The molecular formula is C14H21NO4S. The van der Waals surface area contributed by atoms with Crippen molar-refractivity contribution < 1.29 is 18.3 Å². The molecule has 5 nitrogen and oxygen atoms in total. The number of carbonyl (C=O) groups is 1. The van der Waals surface area contributed by atoms with Crippen molar-refractivity contribution in [1.29, 1.82) is 0 Å². The summed E-state index contributed by atoms with van der Waals surface area (Å²) in [5.74, 6) is -1.51. The Morgan fingerprint density at radius 1 is 1.15 bits per heavy atom. The molecule has 0 aliphatic heterocycles. The Kier molecular flexibility index (Phi) is 4.94. The van der Waals surface area contributed by atoms with Crippen LogP contribution in [0.15, 0.2) is 17.0 Å². The smallest absolute Gasteiger partial charge is 0.322 e. The fourth-order valence-corrected chi connectivity index (χ4v) is 4.08. The van der Waals surface area contributed by atoms with E-state index < -0.39 is 22.0 Å². The van der Waals surface area contributed by atoms with Crippen LogP contribution in [0.25, 0.3) is 0 Å². The Morgan fingerprint density at radius 3 is 1.95 bits per heavy atom. The Balaban J connectivity index is 3.28. The number of hydrogen-bond donors (Lipinski definition) is 2. The zero-order chi connectivity index (χ0) is 15.7. The molecule has 6 heteroatoms. The predicted molar refractivity (Wildman–Crippen MR) is 77.2 cm³/mol. The van der Waals surface area contributed by atoms with Crippen LogP contribution in [0.5, 0.6) is 0 Å². The Labute approximate surface area is 120 Å². The van der Waals surface area contributed by atoms with Crippen molar-refractivity contribution in [3.05, 3.63) is 28.8 Å². The molecule has 0 aliphatic carbocycles. The number of carboxylic acids is 1. The van der Waals surface area contributed by atoms with Crippen molar-refractivity contribution in [3.63, 3.8) is 0 Å². The summed E-state index contributed by atoms with van der Waals surface area (Å²) in [5, 5.41) is 9.11. The highest BCUT2D eigenvalue weighted by Gasteiger charge is 2.29. The Bertz CT molecular complexity index is 597. The second kappa shape index (κ2) is 5.93. The van der Waals surface area contributed by atoms with Gasteiger partial charge in [-0.15, -0.1) is 0 Å². The molecule has 0 spiro atoms. The molecule has 1 atom stereocenters. The third-order valence-corrected chi connectivity index (χ3v) is 4.83. The van der Waals surface area contributed by atoms with Gasteiger partial charge in [0.15, 0.2) is 0 Å². The van der Waals surface area contributed by atoms with Crippen molar-refractivity contribution in [1.82, 2.24) is 4.72 Å². The van der Waals surface area contributed by atoms with Gasteiger partial charge in [-0.25, -0.2) is 8.42 Å². The molecular weight excluding hydrogens is 278 g/mol. The van der Waals surface area contributed by atoms with Crippen molar-refractivity contribution in [3.8, 4) is 0 Å². The van der Waals surface area contributed by atoms with Gasteiger partial charge in [-0.2, -0.15) is 4.72 Å². The molecule has 1 rings (SSSR count). The van der Waals surface area contributed by atoms with E-state index in [-0.39, 0.29) is 10.8 Å². The van der Waals surface area contributed by atoms with Crippen LogP contribution in [0.2, 0.25) is 0 Å². The molecule has 0 aliphatic rings. The van der Waals surface area contributed by atoms with Gasteiger partial charge >= 0.3 is 5.97 Å². The van der Waals surface area contributed by atoms with Gasteiger partial charge in [0.25, 0.3) is 0 Å². The average Bonchev–Trinajstić information content (AvgIpc) is 2.23. The van der Waals surface area contributed by atoms with E-state index in [4.69, 9.17) is 5.11 Å². The number of sulfonamides is 1. The minimum atomic E-state index is -3.86. The average molecular weight is 299 g/mol. The molecule has 0 unspecified atom stereocenters. The monoisotopic (exact) mass is 299 g/mol. The van der Waals surface area contributed by atoms with Crippen LogP contribution < -0.4 is 4.72 Å². The van der Waals surface area contributed by atoms with Gasteiger partial charge in [0, 0.05) is 0 Å². The van der Waals surface area contributed by atoms with Gasteiger partial charge < -0.3 is 5.11 Å². The summed E-state index contributed by atoms with van der Waals surface area (Å²) < 4.78 is 27.1. The van der Waals surface area contributed by atoms with E-state index in [1.807, 2.05) is 6.92 Å². The second-order valence-corrected chi connectivity index (χ2v) is 7.06. The van der Waals surface area contributed by atoms with Gasteiger partial charge in [-0.05, 0) is 37.8 Å². The second-order valence-electron chi connectivity index (χ2n) is 5.41. The lowest BCUT2D eigenvalue weighted by Crippen LogP contribution is -2.44. The Hall–Kier alpha value is -1.40. The van der Waals surface area contributed by atoms with Crippen LogP contribution >= 0.6 is 0 Å². The molecule has 112 valence electrons. The van der Waals surface area contributed by atoms with Crippen LogP contribution in [-0.2, 0) is 14.8 Å². The van der Waals surface area contributed by atoms with E-state index in [1.165, 1.54) is 0 Å². The summed E-state index contributed by atoms with van der Waals surface area (Å²) >= 11 is 0. The largest absolute Gasteiger partial charge is 0.480 e. The highest BCUT2D eigenvalue weighted by molar-refractivity contribution is 7.89. The highest BCUT2D eigenvalue weighted by Crippen LogP contribution is 2.22. The molecule has 0 bridgehead atoms. The first kappa shape index (κ1) is 16.7. The van der Waals surface area contributed by atoms with Gasteiger partial charge in [-0.1, -0.05) is 31.5 Å². The fraction of sp³-hybridized carbons (Fsp3) is 0.500. The molecule has 0 aromatic heterocycles. The summed E-state index contributed by atoms with van der Waals surface area (Å²) in [6, 6.07) is 2.40. The first-order valence-electron chi connectivity index (χ1n) is 6.39. The quantitative estimate of drug-likeness (QED) is 0.871. The van der Waals surface area contributed by atoms with E-state index in [0.29, 0.717) is 11.1 Å². The molecule has 0 amide bonds. The maximum atomic E-state index is 12.4. The highest BCUT2D eigenvalue weighted by atomic mass is 32.2. The lowest BCUT2D eigenvalue weighted by Gasteiger charge is -2.20. The first-order chi connectivity index (χ1) is 9.06. The van der Waals surface area contributed by atoms with Crippen LogP contribution in [0.3, 0.4) is 0 Å². The third-order valence-electron chi connectivity index (χ3n) is 3.09. The van der Waals surface area contributed by atoms with Crippen LogP contribution in [0.4, 0.5) is 0 Å². The molecule has 0 radical (unpaired) electrons. The standard InChI is InChI=1S/C14H21NO4S/c1-8(2)12(14(16)17)15-20(18,19)13-10(4)6-9(3)7-11(13)5/h6-8,12,15H,1-5H3,(H,16,17)/t12-/m0/s1. The minimum Gasteiger partial charge on any atom is -0.480 e. The first-order valence-corrected chi connectivity index (χ1v) is 7.87. The lowest BCUT2D eigenvalue weighted by atomic mass is 10.1. The normalized spacial score (nSPS) is 13.5. The molecule has 1 aromatic carbocycles. The van der Waals surface area contributed by atoms with E-state index in [1.54, 1.807) is 39.8 Å². The number of aliphatic carboxylic acids is 1. The molecule has 2 N–H and O–H groups in total.